The van der Waals surface area contributed by atoms with E-state index in [4.69, 9.17) is 10.2 Å². The van der Waals surface area contributed by atoms with Crippen LogP contribution in [0.4, 0.5) is 0 Å². The fourth-order valence-corrected chi connectivity index (χ4v) is 1.55. The zero-order valence-electron chi connectivity index (χ0n) is 7.77. The Kier molecular flexibility index (Phi) is 2.27. The molecule has 0 fully saturated rings. The Hall–Kier alpha value is -1.70. The molecular weight excluding hydrogens is 176 g/mol. The average molecular weight is 188 g/mol. The molecule has 0 aliphatic heterocycles. The van der Waals surface area contributed by atoms with Crippen LogP contribution >= 0.6 is 0 Å². The second-order valence-electron chi connectivity index (χ2n) is 3.38. The zero-order valence-corrected chi connectivity index (χ0v) is 7.77. The molecule has 0 bridgehead atoms. The maximum Gasteiger partial charge on any atom is 0.111 e. The van der Waals surface area contributed by atoms with Crippen LogP contribution in [0.15, 0.2) is 59.1 Å². The van der Waals surface area contributed by atoms with Gasteiger partial charge in [-0.25, -0.2) is 0 Å². The van der Waals surface area contributed by atoms with Gasteiger partial charge in [-0.05, 0) is 48.3 Å². The van der Waals surface area contributed by atoms with Crippen molar-refractivity contribution in [2.45, 2.75) is 12.8 Å². The number of aliphatic hydroxyl groups is 2. The first-order valence-electron chi connectivity index (χ1n) is 4.62. The van der Waals surface area contributed by atoms with Crippen LogP contribution < -0.4 is 0 Å². The van der Waals surface area contributed by atoms with Gasteiger partial charge < -0.3 is 10.2 Å². The Morgan fingerprint density at radius 3 is 1.43 bits per heavy atom. The molecule has 14 heavy (non-hydrogen) atoms. The molecule has 2 N–H and O–H groups in total. The second kappa shape index (κ2) is 3.58. The van der Waals surface area contributed by atoms with Gasteiger partial charge in [-0.1, -0.05) is 12.2 Å². The number of aliphatic hydroxyl groups excluding tert-OH is 2. The van der Waals surface area contributed by atoms with E-state index < -0.39 is 0 Å². The van der Waals surface area contributed by atoms with Gasteiger partial charge in [0.1, 0.15) is 11.5 Å². The van der Waals surface area contributed by atoms with E-state index in [2.05, 4.69) is 0 Å². The van der Waals surface area contributed by atoms with E-state index >= 15 is 0 Å². The van der Waals surface area contributed by atoms with Crippen LogP contribution in [-0.2, 0) is 0 Å². The molecule has 0 radical (unpaired) electrons. The van der Waals surface area contributed by atoms with Gasteiger partial charge in [0.2, 0.25) is 0 Å². The summed E-state index contributed by atoms with van der Waals surface area (Å²) in [5.41, 5.74) is 2.39. The molecule has 2 nitrogen and oxygen atoms in total. The van der Waals surface area contributed by atoms with Gasteiger partial charge in [0, 0.05) is 0 Å². The van der Waals surface area contributed by atoms with Crippen molar-refractivity contribution in [2.24, 2.45) is 0 Å². The molecule has 0 saturated carbocycles. The molecule has 0 aromatic carbocycles. The quantitative estimate of drug-likeness (QED) is 0.613. The summed E-state index contributed by atoms with van der Waals surface area (Å²) in [5.74, 6) is 0.653. The molecule has 2 heteroatoms. The van der Waals surface area contributed by atoms with Crippen LogP contribution in [0.3, 0.4) is 0 Å². The van der Waals surface area contributed by atoms with Crippen molar-refractivity contribution >= 4 is 0 Å². The van der Waals surface area contributed by atoms with E-state index in [1.807, 2.05) is 12.2 Å². The topological polar surface area (TPSA) is 40.5 Å². The van der Waals surface area contributed by atoms with Crippen LogP contribution in [0, 0.1) is 0 Å². The number of allylic oxidation sites excluding steroid dienone is 8. The predicted molar refractivity (Wildman–Crippen MR) is 56.0 cm³/mol. The summed E-state index contributed by atoms with van der Waals surface area (Å²) in [6, 6.07) is 0. The van der Waals surface area contributed by atoms with Crippen molar-refractivity contribution in [3.63, 3.8) is 0 Å². The number of hydrogen-bond acceptors (Lipinski definition) is 2. The number of hydrogen-bond donors (Lipinski definition) is 2. The molecule has 0 saturated heterocycles. The molecular formula is C12H12O2. The van der Waals surface area contributed by atoms with Crippen molar-refractivity contribution in [3.8, 4) is 0 Å². The van der Waals surface area contributed by atoms with Crippen LogP contribution in [0.1, 0.15) is 12.8 Å². The Morgan fingerprint density at radius 1 is 0.714 bits per heavy atom. The fourth-order valence-electron chi connectivity index (χ4n) is 1.55. The van der Waals surface area contributed by atoms with Crippen LogP contribution in [0.2, 0.25) is 0 Å². The predicted octanol–water partition coefficient (Wildman–Crippen LogP) is 3.09. The zero-order chi connectivity index (χ0) is 9.97. The van der Waals surface area contributed by atoms with Crippen molar-refractivity contribution in [1.82, 2.24) is 0 Å². The summed E-state index contributed by atoms with van der Waals surface area (Å²) in [6.07, 6.45) is 12.3. The first-order valence-corrected chi connectivity index (χ1v) is 4.62. The molecule has 0 unspecified atom stereocenters. The highest BCUT2D eigenvalue weighted by molar-refractivity contribution is 5.43. The molecule has 0 aromatic rings. The SMILES string of the molecule is OC1=CCC(=C2C=CC(O)=CC2)C=C1. The highest BCUT2D eigenvalue weighted by Gasteiger charge is 2.07. The van der Waals surface area contributed by atoms with Gasteiger partial charge >= 0.3 is 0 Å². The molecule has 2 rings (SSSR count). The largest absolute Gasteiger partial charge is 0.508 e. The van der Waals surface area contributed by atoms with Crippen LogP contribution in [-0.4, -0.2) is 10.2 Å². The molecule has 0 amide bonds. The van der Waals surface area contributed by atoms with E-state index in [0.717, 1.165) is 12.8 Å². The Balaban J connectivity index is 2.21. The average Bonchev–Trinajstić information content (AvgIpc) is 2.21. The number of rotatable bonds is 0. The van der Waals surface area contributed by atoms with Crippen molar-refractivity contribution in [1.29, 1.82) is 0 Å². The fraction of sp³-hybridized carbons (Fsp3) is 0.167. The van der Waals surface area contributed by atoms with E-state index in [9.17, 15) is 0 Å². The summed E-state index contributed by atoms with van der Waals surface area (Å²) >= 11 is 0. The van der Waals surface area contributed by atoms with E-state index in [1.165, 1.54) is 11.1 Å². The third-order valence-electron chi connectivity index (χ3n) is 2.39. The maximum absolute atomic E-state index is 9.15. The Morgan fingerprint density at radius 2 is 1.14 bits per heavy atom. The highest BCUT2D eigenvalue weighted by Crippen LogP contribution is 2.24. The van der Waals surface area contributed by atoms with Gasteiger partial charge in [0.25, 0.3) is 0 Å². The van der Waals surface area contributed by atoms with Crippen molar-refractivity contribution < 1.29 is 10.2 Å². The Bertz CT molecular complexity index is 355. The lowest BCUT2D eigenvalue weighted by Crippen LogP contribution is -1.94. The van der Waals surface area contributed by atoms with Crippen LogP contribution in [0.5, 0.6) is 0 Å². The molecule has 0 atom stereocenters. The monoisotopic (exact) mass is 188 g/mol. The summed E-state index contributed by atoms with van der Waals surface area (Å²) in [6.45, 7) is 0. The maximum atomic E-state index is 9.15. The first-order chi connectivity index (χ1) is 6.75. The van der Waals surface area contributed by atoms with Gasteiger partial charge in [-0.15, -0.1) is 0 Å². The van der Waals surface area contributed by atoms with Crippen molar-refractivity contribution in [3.05, 3.63) is 59.1 Å². The van der Waals surface area contributed by atoms with Gasteiger partial charge in [-0.3, -0.25) is 0 Å². The van der Waals surface area contributed by atoms with Gasteiger partial charge in [-0.2, -0.15) is 0 Å². The van der Waals surface area contributed by atoms with Gasteiger partial charge in [0.05, 0.1) is 0 Å². The second-order valence-corrected chi connectivity index (χ2v) is 3.38. The summed E-state index contributed by atoms with van der Waals surface area (Å²) in [7, 11) is 0. The van der Waals surface area contributed by atoms with E-state index in [0.29, 0.717) is 11.5 Å². The lowest BCUT2D eigenvalue weighted by Gasteiger charge is -2.11. The molecule has 0 heterocycles. The molecule has 2 aliphatic rings. The highest BCUT2D eigenvalue weighted by atomic mass is 16.3. The molecule has 0 aromatic heterocycles. The summed E-state index contributed by atoms with van der Waals surface area (Å²) in [4.78, 5) is 0. The van der Waals surface area contributed by atoms with E-state index in [1.54, 1.807) is 24.3 Å². The minimum atomic E-state index is 0.326. The lowest BCUT2D eigenvalue weighted by atomic mass is 9.95. The summed E-state index contributed by atoms with van der Waals surface area (Å²) in [5, 5.41) is 18.3. The normalized spacial score (nSPS) is 26.0. The van der Waals surface area contributed by atoms with Gasteiger partial charge in [0.15, 0.2) is 0 Å². The smallest absolute Gasteiger partial charge is 0.111 e. The molecule has 0 spiro atoms. The van der Waals surface area contributed by atoms with Crippen molar-refractivity contribution in [2.75, 3.05) is 0 Å². The van der Waals surface area contributed by atoms with Crippen LogP contribution in [0.25, 0.3) is 0 Å². The molecule has 72 valence electrons. The summed E-state index contributed by atoms with van der Waals surface area (Å²) < 4.78 is 0. The minimum Gasteiger partial charge on any atom is -0.508 e. The third kappa shape index (κ3) is 1.79. The standard InChI is InChI=1S/C12H12O2/c13-11-5-1-9(2-6-11)10-3-7-12(14)8-4-10/h1,3,5-8,13-14H,2,4H2. The third-order valence-corrected chi connectivity index (χ3v) is 2.39. The Labute approximate surface area is 82.9 Å². The first kappa shape index (κ1) is 8.88. The van der Waals surface area contributed by atoms with E-state index in [-0.39, 0.29) is 0 Å². The lowest BCUT2D eigenvalue weighted by molar-refractivity contribution is 0.427. The molecule has 2 aliphatic carbocycles. The minimum absolute atomic E-state index is 0.326.